The maximum Gasteiger partial charge on any atom is 0.323 e. The molecule has 1 aliphatic heterocycles. The molecule has 0 saturated heterocycles. The number of aromatic nitrogens is 2. The lowest BCUT2D eigenvalue weighted by Gasteiger charge is -2.24. The minimum Gasteiger partial charge on any atom is -0.326 e. The summed E-state index contributed by atoms with van der Waals surface area (Å²) in [5.41, 5.74) is 2.21. The van der Waals surface area contributed by atoms with Crippen LogP contribution in [0.5, 0.6) is 0 Å². The van der Waals surface area contributed by atoms with Crippen LogP contribution in [-0.2, 0) is 9.59 Å². The first kappa shape index (κ1) is 15.1. The maximum absolute atomic E-state index is 13.4. The maximum atomic E-state index is 13.4. The first-order valence-electron chi connectivity index (χ1n) is 7.62. The van der Waals surface area contributed by atoms with E-state index in [9.17, 15) is 18.8 Å². The molecule has 4 rings (SSSR count). The normalized spacial score (nSPS) is 16.4. The van der Waals surface area contributed by atoms with Crippen molar-refractivity contribution in [2.45, 2.75) is 12.3 Å². The number of halogens is 1. The van der Waals surface area contributed by atoms with Crippen LogP contribution in [0.15, 0.2) is 41.2 Å². The number of hydrogen-bond acceptors (Lipinski definition) is 3. The van der Waals surface area contributed by atoms with E-state index < -0.39 is 11.7 Å². The Morgan fingerprint density at radius 2 is 1.88 bits per heavy atom. The van der Waals surface area contributed by atoms with Crippen LogP contribution in [-0.4, -0.2) is 21.8 Å². The van der Waals surface area contributed by atoms with Gasteiger partial charge >= 0.3 is 5.69 Å². The minimum absolute atomic E-state index is 0.0201. The number of fused-ring (bicyclic) bond motifs is 2. The molecule has 0 aliphatic carbocycles. The lowest BCUT2D eigenvalue weighted by Crippen LogP contribution is -2.30. The smallest absolute Gasteiger partial charge is 0.323 e. The Labute approximate surface area is 140 Å². The summed E-state index contributed by atoms with van der Waals surface area (Å²) in [5, 5.41) is 5.31. The van der Waals surface area contributed by atoms with Gasteiger partial charge in [-0.25, -0.2) is 9.18 Å². The molecular weight excluding hydrogens is 327 g/mol. The van der Waals surface area contributed by atoms with E-state index in [2.05, 4.69) is 20.6 Å². The Kier molecular flexibility index (Phi) is 3.38. The quantitative estimate of drug-likeness (QED) is 0.573. The first-order valence-corrected chi connectivity index (χ1v) is 7.62. The number of imidazole rings is 1. The van der Waals surface area contributed by atoms with Gasteiger partial charge in [0.2, 0.25) is 11.8 Å². The summed E-state index contributed by atoms with van der Waals surface area (Å²) >= 11 is 0. The first-order chi connectivity index (χ1) is 12.0. The monoisotopic (exact) mass is 340 g/mol. The Balaban J connectivity index is 1.64. The molecule has 126 valence electrons. The van der Waals surface area contributed by atoms with E-state index in [1.54, 1.807) is 18.2 Å². The van der Waals surface area contributed by atoms with Crippen molar-refractivity contribution in [3.63, 3.8) is 0 Å². The van der Waals surface area contributed by atoms with Gasteiger partial charge in [0.25, 0.3) is 0 Å². The fraction of sp³-hybridized carbons (Fsp3) is 0.118. The largest absolute Gasteiger partial charge is 0.326 e. The van der Waals surface area contributed by atoms with Crippen LogP contribution >= 0.6 is 0 Å². The highest BCUT2D eigenvalue weighted by molar-refractivity contribution is 6.05. The summed E-state index contributed by atoms with van der Waals surface area (Å²) in [7, 11) is 0. The number of carbonyl (C=O) groups is 2. The highest BCUT2D eigenvalue weighted by Gasteiger charge is 2.31. The van der Waals surface area contributed by atoms with Gasteiger partial charge in [-0.3, -0.25) is 9.59 Å². The number of hydrogen-bond donors (Lipinski definition) is 4. The SMILES string of the molecule is O=C1C[C@@H](C(=O)Nc2ccc3[nH]c(=O)[nH]c3c2)c2ccc(F)cc2N1. The molecule has 0 saturated carbocycles. The van der Waals surface area contributed by atoms with E-state index in [-0.39, 0.29) is 23.9 Å². The number of rotatable bonds is 2. The number of H-pyrrole nitrogens is 2. The van der Waals surface area contributed by atoms with Crippen molar-refractivity contribution in [2.24, 2.45) is 0 Å². The van der Waals surface area contributed by atoms with E-state index in [1.165, 1.54) is 18.2 Å². The molecule has 2 amide bonds. The molecule has 1 aromatic heterocycles. The highest BCUT2D eigenvalue weighted by atomic mass is 19.1. The molecule has 0 radical (unpaired) electrons. The average molecular weight is 340 g/mol. The molecule has 0 fully saturated rings. The molecule has 25 heavy (non-hydrogen) atoms. The molecule has 1 atom stereocenters. The number of carbonyl (C=O) groups excluding carboxylic acids is 2. The fourth-order valence-electron chi connectivity index (χ4n) is 3.01. The van der Waals surface area contributed by atoms with Gasteiger partial charge in [0.1, 0.15) is 5.82 Å². The highest BCUT2D eigenvalue weighted by Crippen LogP contribution is 2.33. The van der Waals surface area contributed by atoms with Crippen molar-refractivity contribution in [1.29, 1.82) is 0 Å². The third-order valence-electron chi connectivity index (χ3n) is 4.15. The predicted molar refractivity (Wildman–Crippen MR) is 89.9 cm³/mol. The Morgan fingerprint density at radius 1 is 1.08 bits per heavy atom. The second-order valence-corrected chi connectivity index (χ2v) is 5.87. The van der Waals surface area contributed by atoms with Crippen LogP contribution in [0.25, 0.3) is 11.0 Å². The van der Waals surface area contributed by atoms with Crippen molar-refractivity contribution in [3.8, 4) is 0 Å². The zero-order valence-corrected chi connectivity index (χ0v) is 12.9. The fourth-order valence-corrected chi connectivity index (χ4v) is 3.01. The van der Waals surface area contributed by atoms with Crippen LogP contribution in [0.2, 0.25) is 0 Å². The molecule has 2 aromatic carbocycles. The van der Waals surface area contributed by atoms with Gasteiger partial charge in [0.05, 0.1) is 17.0 Å². The van der Waals surface area contributed by atoms with Crippen molar-refractivity contribution >= 4 is 34.2 Å². The second kappa shape index (κ2) is 5.59. The topological polar surface area (TPSA) is 107 Å². The van der Waals surface area contributed by atoms with Crippen molar-refractivity contribution in [3.05, 3.63) is 58.3 Å². The van der Waals surface area contributed by atoms with Crippen LogP contribution in [0.4, 0.5) is 15.8 Å². The molecule has 7 nitrogen and oxygen atoms in total. The molecule has 0 bridgehead atoms. The standard InChI is InChI=1S/C17H13FN4O3/c18-8-1-3-10-11(7-15(23)20-13(10)5-8)16(24)19-9-2-4-12-14(6-9)22-17(25)21-12/h1-6,11H,7H2,(H,19,24)(H,20,23)(H2,21,22,25)/t11-/m1/s1. The summed E-state index contributed by atoms with van der Waals surface area (Å²) < 4.78 is 13.4. The van der Waals surface area contributed by atoms with Crippen LogP contribution in [0.1, 0.15) is 17.9 Å². The third kappa shape index (κ3) is 2.78. The lowest BCUT2D eigenvalue weighted by molar-refractivity contribution is -0.123. The number of anilines is 2. The molecule has 2 heterocycles. The summed E-state index contributed by atoms with van der Waals surface area (Å²) in [5.74, 6) is -1.92. The second-order valence-electron chi connectivity index (χ2n) is 5.87. The lowest BCUT2D eigenvalue weighted by atomic mass is 9.89. The molecule has 1 aliphatic rings. The van der Waals surface area contributed by atoms with E-state index in [4.69, 9.17) is 0 Å². The van der Waals surface area contributed by atoms with Crippen LogP contribution in [0.3, 0.4) is 0 Å². The van der Waals surface area contributed by atoms with Crippen LogP contribution < -0.4 is 16.3 Å². The van der Waals surface area contributed by atoms with Gasteiger partial charge in [-0.2, -0.15) is 0 Å². The van der Waals surface area contributed by atoms with Gasteiger partial charge in [-0.15, -0.1) is 0 Å². The van der Waals surface area contributed by atoms with E-state index >= 15 is 0 Å². The van der Waals surface area contributed by atoms with E-state index in [0.717, 1.165) is 0 Å². The van der Waals surface area contributed by atoms with Crippen molar-refractivity contribution in [1.82, 2.24) is 9.97 Å². The predicted octanol–water partition coefficient (Wildman–Crippen LogP) is 2.06. The number of nitrogens with one attached hydrogen (secondary N) is 4. The zero-order valence-electron chi connectivity index (χ0n) is 12.9. The summed E-state index contributed by atoms with van der Waals surface area (Å²) in [6.07, 6.45) is -0.0201. The molecule has 0 spiro atoms. The van der Waals surface area contributed by atoms with Gasteiger partial charge < -0.3 is 20.6 Å². The molecule has 3 aromatic rings. The number of aromatic amines is 2. The van der Waals surface area contributed by atoms with E-state index in [1.807, 2.05) is 0 Å². The van der Waals surface area contributed by atoms with Crippen molar-refractivity contribution in [2.75, 3.05) is 10.6 Å². The van der Waals surface area contributed by atoms with Gasteiger partial charge in [-0.1, -0.05) is 6.07 Å². The van der Waals surface area contributed by atoms with Crippen LogP contribution in [0, 0.1) is 5.82 Å². The minimum atomic E-state index is -0.717. The molecule has 8 heteroatoms. The Morgan fingerprint density at radius 3 is 2.72 bits per heavy atom. The van der Waals surface area contributed by atoms with E-state index in [0.29, 0.717) is 28.0 Å². The van der Waals surface area contributed by atoms with Gasteiger partial charge in [-0.05, 0) is 35.9 Å². The number of amides is 2. The van der Waals surface area contributed by atoms with Gasteiger partial charge in [0.15, 0.2) is 0 Å². The Hall–Kier alpha value is -3.42. The van der Waals surface area contributed by atoms with Gasteiger partial charge in [0, 0.05) is 17.8 Å². The third-order valence-corrected chi connectivity index (χ3v) is 4.15. The molecular formula is C17H13FN4O3. The summed E-state index contributed by atoms with van der Waals surface area (Å²) in [6, 6.07) is 8.90. The Bertz CT molecular complexity index is 1070. The number of benzene rings is 2. The molecule has 4 N–H and O–H groups in total. The average Bonchev–Trinajstić information content (AvgIpc) is 2.92. The van der Waals surface area contributed by atoms with Crippen molar-refractivity contribution < 1.29 is 14.0 Å². The summed E-state index contributed by atoms with van der Waals surface area (Å²) in [6.45, 7) is 0. The zero-order chi connectivity index (χ0) is 17.6. The summed E-state index contributed by atoms with van der Waals surface area (Å²) in [4.78, 5) is 41.0. The molecule has 0 unspecified atom stereocenters.